The SMILES string of the molecule is CCN(c1cccc(C)c1)c1nc(C(=O)OC)ccc1N. The summed E-state index contributed by atoms with van der Waals surface area (Å²) in [6.07, 6.45) is 0. The molecule has 0 bridgehead atoms. The Hall–Kier alpha value is -2.56. The molecule has 0 spiro atoms. The van der Waals surface area contributed by atoms with E-state index in [1.54, 1.807) is 12.1 Å². The molecule has 0 radical (unpaired) electrons. The number of nitrogens with two attached hydrogens (primary N) is 1. The number of carbonyl (C=O) groups excluding carboxylic acids is 1. The third-order valence-electron chi connectivity index (χ3n) is 3.19. The van der Waals surface area contributed by atoms with E-state index in [9.17, 15) is 4.79 Å². The fourth-order valence-corrected chi connectivity index (χ4v) is 2.14. The third-order valence-corrected chi connectivity index (χ3v) is 3.19. The number of hydrogen-bond acceptors (Lipinski definition) is 5. The molecule has 21 heavy (non-hydrogen) atoms. The number of aryl methyl sites for hydroxylation is 1. The van der Waals surface area contributed by atoms with Crippen molar-refractivity contribution in [3.8, 4) is 0 Å². The van der Waals surface area contributed by atoms with E-state index in [1.807, 2.05) is 36.9 Å². The summed E-state index contributed by atoms with van der Waals surface area (Å²) in [6, 6.07) is 11.3. The Kier molecular flexibility index (Phi) is 4.42. The summed E-state index contributed by atoms with van der Waals surface area (Å²) in [5.74, 6) is 0.0857. The second-order valence-corrected chi connectivity index (χ2v) is 4.68. The minimum absolute atomic E-state index is 0.243. The molecule has 110 valence electrons. The standard InChI is InChI=1S/C16H19N3O2/c1-4-19(12-7-5-6-11(2)10-12)15-13(17)8-9-14(18-15)16(20)21-3/h5-10H,4,17H2,1-3H3. The van der Waals surface area contributed by atoms with Crippen molar-refractivity contribution in [1.82, 2.24) is 4.98 Å². The Bertz CT molecular complexity index is 656. The number of pyridine rings is 1. The second kappa shape index (κ2) is 6.26. The van der Waals surface area contributed by atoms with Gasteiger partial charge in [-0.15, -0.1) is 0 Å². The van der Waals surface area contributed by atoms with Crippen LogP contribution < -0.4 is 10.6 Å². The Morgan fingerprint density at radius 2 is 2.10 bits per heavy atom. The van der Waals surface area contributed by atoms with Crippen LogP contribution >= 0.6 is 0 Å². The van der Waals surface area contributed by atoms with Gasteiger partial charge in [-0.25, -0.2) is 9.78 Å². The van der Waals surface area contributed by atoms with E-state index in [2.05, 4.69) is 11.1 Å². The molecule has 1 aromatic carbocycles. The normalized spacial score (nSPS) is 10.2. The van der Waals surface area contributed by atoms with Gasteiger partial charge in [0.15, 0.2) is 11.5 Å². The van der Waals surface area contributed by atoms with Gasteiger partial charge in [0.05, 0.1) is 12.8 Å². The minimum atomic E-state index is -0.475. The maximum Gasteiger partial charge on any atom is 0.356 e. The van der Waals surface area contributed by atoms with Crippen LogP contribution in [0.2, 0.25) is 0 Å². The Balaban J connectivity index is 2.49. The van der Waals surface area contributed by atoms with Crippen LogP contribution in [-0.4, -0.2) is 24.6 Å². The van der Waals surface area contributed by atoms with Gasteiger partial charge in [0.25, 0.3) is 0 Å². The highest BCUT2D eigenvalue weighted by Gasteiger charge is 2.16. The van der Waals surface area contributed by atoms with Crippen LogP contribution in [0.1, 0.15) is 23.0 Å². The van der Waals surface area contributed by atoms with E-state index in [-0.39, 0.29) is 5.69 Å². The van der Waals surface area contributed by atoms with Crippen molar-refractivity contribution in [1.29, 1.82) is 0 Å². The Morgan fingerprint density at radius 3 is 2.71 bits per heavy atom. The fraction of sp³-hybridized carbons (Fsp3) is 0.250. The summed E-state index contributed by atoms with van der Waals surface area (Å²) in [4.78, 5) is 17.9. The molecule has 0 aliphatic carbocycles. The van der Waals surface area contributed by atoms with Crippen molar-refractivity contribution in [2.75, 3.05) is 24.3 Å². The van der Waals surface area contributed by atoms with Crippen molar-refractivity contribution in [3.05, 3.63) is 47.7 Å². The number of aromatic nitrogens is 1. The highest BCUT2D eigenvalue weighted by molar-refractivity contribution is 5.89. The zero-order valence-corrected chi connectivity index (χ0v) is 12.5. The zero-order chi connectivity index (χ0) is 15.4. The largest absolute Gasteiger partial charge is 0.464 e. The molecule has 2 N–H and O–H groups in total. The number of esters is 1. The number of rotatable bonds is 4. The van der Waals surface area contributed by atoms with Crippen molar-refractivity contribution >= 4 is 23.2 Å². The lowest BCUT2D eigenvalue weighted by atomic mass is 10.2. The van der Waals surface area contributed by atoms with Crippen LogP contribution in [0.3, 0.4) is 0 Å². The molecule has 0 aliphatic rings. The highest BCUT2D eigenvalue weighted by Crippen LogP contribution is 2.29. The van der Waals surface area contributed by atoms with Gasteiger partial charge in [0.1, 0.15) is 0 Å². The molecule has 2 aromatic rings. The molecule has 0 unspecified atom stereocenters. The van der Waals surface area contributed by atoms with E-state index in [4.69, 9.17) is 10.5 Å². The summed E-state index contributed by atoms with van der Waals surface area (Å²) in [6.45, 7) is 4.72. The molecular weight excluding hydrogens is 266 g/mol. The maximum atomic E-state index is 11.6. The van der Waals surface area contributed by atoms with Crippen LogP contribution in [0.15, 0.2) is 36.4 Å². The lowest BCUT2D eigenvalue weighted by Gasteiger charge is -2.24. The predicted octanol–water partition coefficient (Wildman–Crippen LogP) is 2.92. The predicted molar refractivity (Wildman–Crippen MR) is 83.8 cm³/mol. The number of hydrogen-bond donors (Lipinski definition) is 1. The average molecular weight is 285 g/mol. The van der Waals surface area contributed by atoms with Gasteiger partial charge in [0, 0.05) is 12.2 Å². The molecule has 0 saturated carbocycles. The van der Waals surface area contributed by atoms with E-state index >= 15 is 0 Å². The van der Waals surface area contributed by atoms with E-state index in [0.717, 1.165) is 11.3 Å². The van der Waals surface area contributed by atoms with Gasteiger partial charge in [-0.1, -0.05) is 12.1 Å². The van der Waals surface area contributed by atoms with Crippen LogP contribution in [-0.2, 0) is 4.74 Å². The number of benzene rings is 1. The molecule has 1 heterocycles. The first-order valence-corrected chi connectivity index (χ1v) is 6.75. The zero-order valence-electron chi connectivity index (χ0n) is 12.5. The first-order valence-electron chi connectivity index (χ1n) is 6.75. The van der Waals surface area contributed by atoms with Gasteiger partial charge in [-0.05, 0) is 43.7 Å². The molecule has 5 heteroatoms. The molecule has 0 fully saturated rings. The van der Waals surface area contributed by atoms with Crippen molar-refractivity contribution in [2.45, 2.75) is 13.8 Å². The lowest BCUT2D eigenvalue weighted by Crippen LogP contribution is -2.20. The van der Waals surface area contributed by atoms with Gasteiger partial charge >= 0.3 is 5.97 Å². The first-order chi connectivity index (χ1) is 10.1. The average Bonchev–Trinajstić information content (AvgIpc) is 2.49. The quantitative estimate of drug-likeness (QED) is 0.875. The van der Waals surface area contributed by atoms with Crippen LogP contribution in [0.4, 0.5) is 17.2 Å². The monoisotopic (exact) mass is 285 g/mol. The number of methoxy groups -OCH3 is 1. The molecule has 5 nitrogen and oxygen atoms in total. The lowest BCUT2D eigenvalue weighted by molar-refractivity contribution is 0.0594. The fourth-order valence-electron chi connectivity index (χ4n) is 2.14. The number of carbonyl (C=O) groups is 1. The maximum absolute atomic E-state index is 11.6. The third kappa shape index (κ3) is 3.13. The molecular formula is C16H19N3O2. The second-order valence-electron chi connectivity index (χ2n) is 4.68. The number of anilines is 3. The summed E-state index contributed by atoms with van der Waals surface area (Å²) >= 11 is 0. The topological polar surface area (TPSA) is 68.5 Å². The van der Waals surface area contributed by atoms with Crippen molar-refractivity contribution in [3.63, 3.8) is 0 Å². The van der Waals surface area contributed by atoms with Crippen LogP contribution in [0, 0.1) is 6.92 Å². The summed E-state index contributed by atoms with van der Waals surface area (Å²) in [5.41, 5.74) is 8.92. The van der Waals surface area contributed by atoms with Crippen molar-refractivity contribution < 1.29 is 9.53 Å². The Morgan fingerprint density at radius 1 is 1.33 bits per heavy atom. The van der Waals surface area contributed by atoms with Gasteiger partial charge < -0.3 is 15.4 Å². The molecule has 0 aliphatic heterocycles. The Labute approximate surface area is 124 Å². The van der Waals surface area contributed by atoms with Gasteiger partial charge in [-0.3, -0.25) is 0 Å². The highest BCUT2D eigenvalue weighted by atomic mass is 16.5. The summed E-state index contributed by atoms with van der Waals surface area (Å²) in [7, 11) is 1.33. The number of nitrogen functional groups attached to an aromatic ring is 1. The molecule has 0 amide bonds. The van der Waals surface area contributed by atoms with Gasteiger partial charge in [0.2, 0.25) is 0 Å². The first kappa shape index (κ1) is 14.8. The van der Waals surface area contributed by atoms with E-state index < -0.39 is 5.97 Å². The van der Waals surface area contributed by atoms with Gasteiger partial charge in [-0.2, -0.15) is 0 Å². The molecule has 0 saturated heterocycles. The van der Waals surface area contributed by atoms with E-state index in [1.165, 1.54) is 7.11 Å². The molecule has 0 atom stereocenters. The van der Waals surface area contributed by atoms with Crippen LogP contribution in [0.5, 0.6) is 0 Å². The smallest absolute Gasteiger partial charge is 0.356 e. The van der Waals surface area contributed by atoms with Crippen molar-refractivity contribution in [2.24, 2.45) is 0 Å². The number of nitrogens with zero attached hydrogens (tertiary/aromatic N) is 2. The minimum Gasteiger partial charge on any atom is -0.464 e. The van der Waals surface area contributed by atoms with Crippen LogP contribution in [0.25, 0.3) is 0 Å². The molecule has 2 rings (SSSR count). The molecule has 1 aromatic heterocycles. The van der Waals surface area contributed by atoms with E-state index in [0.29, 0.717) is 18.1 Å². The summed E-state index contributed by atoms with van der Waals surface area (Å²) < 4.78 is 4.71. The number of ether oxygens (including phenoxy) is 1. The summed E-state index contributed by atoms with van der Waals surface area (Å²) in [5, 5.41) is 0.